The van der Waals surface area contributed by atoms with Crippen LogP contribution in [0.25, 0.3) is 0 Å². The number of ether oxygens (including phenoxy) is 1. The van der Waals surface area contributed by atoms with E-state index in [0.29, 0.717) is 23.0 Å². The molecular formula is C17H17ClF3N5O3. The van der Waals surface area contributed by atoms with Crippen molar-refractivity contribution >= 4 is 23.2 Å². The van der Waals surface area contributed by atoms with Crippen LogP contribution in [-0.2, 0) is 18.0 Å². The molecule has 0 aromatic carbocycles. The second kappa shape index (κ2) is 8.29. The number of alkyl halides is 3. The first-order chi connectivity index (χ1) is 13.6. The summed E-state index contributed by atoms with van der Waals surface area (Å²) in [7, 11) is 0. The number of furan rings is 1. The molecule has 0 aliphatic carbocycles. The highest BCUT2D eigenvalue weighted by Gasteiger charge is 2.27. The molecule has 1 amide bonds. The first-order valence-corrected chi connectivity index (χ1v) is 8.76. The highest BCUT2D eigenvalue weighted by atomic mass is 35.5. The molecule has 0 atom stereocenters. The van der Waals surface area contributed by atoms with E-state index in [4.69, 9.17) is 16.0 Å². The minimum absolute atomic E-state index is 0.0636. The van der Waals surface area contributed by atoms with Gasteiger partial charge in [-0.05, 0) is 26.0 Å². The van der Waals surface area contributed by atoms with Gasteiger partial charge in [-0.15, -0.1) is 0 Å². The van der Waals surface area contributed by atoms with Gasteiger partial charge >= 0.3 is 6.18 Å². The van der Waals surface area contributed by atoms with Gasteiger partial charge in [-0.3, -0.25) is 9.48 Å². The summed E-state index contributed by atoms with van der Waals surface area (Å²) in [6, 6.07) is 3.16. The van der Waals surface area contributed by atoms with Crippen LogP contribution in [0.1, 0.15) is 27.7 Å². The molecule has 29 heavy (non-hydrogen) atoms. The number of carbonyl (C=O) groups is 1. The second-order valence-electron chi connectivity index (χ2n) is 6.22. The van der Waals surface area contributed by atoms with Crippen molar-refractivity contribution in [3.8, 4) is 0 Å². The highest BCUT2D eigenvalue weighted by molar-refractivity contribution is 6.31. The van der Waals surface area contributed by atoms with Crippen LogP contribution >= 0.6 is 11.6 Å². The third-order valence-corrected chi connectivity index (χ3v) is 4.41. The summed E-state index contributed by atoms with van der Waals surface area (Å²) in [5.41, 5.74) is 1.77. The summed E-state index contributed by atoms with van der Waals surface area (Å²) >= 11 is 6.12. The molecule has 1 N–H and O–H groups in total. The Morgan fingerprint density at radius 1 is 1.34 bits per heavy atom. The van der Waals surface area contributed by atoms with Crippen LogP contribution in [0.2, 0.25) is 5.02 Å². The van der Waals surface area contributed by atoms with Crippen LogP contribution in [0.4, 0.5) is 18.9 Å². The van der Waals surface area contributed by atoms with Gasteiger partial charge in [0.1, 0.15) is 19.1 Å². The Balaban J connectivity index is 1.57. The van der Waals surface area contributed by atoms with Crippen molar-refractivity contribution in [1.29, 1.82) is 0 Å². The number of amides is 1. The van der Waals surface area contributed by atoms with E-state index in [1.54, 1.807) is 17.7 Å². The SMILES string of the molecule is Cc1nn(Cc2ccc(C(=O)Nc3cnn(COCC(F)(F)F)c3)o2)c(C)c1Cl. The molecule has 12 heteroatoms. The monoisotopic (exact) mass is 431 g/mol. The quantitative estimate of drug-likeness (QED) is 0.615. The molecule has 0 spiro atoms. The molecule has 0 fully saturated rings. The van der Waals surface area contributed by atoms with Crippen molar-refractivity contribution < 1.29 is 27.1 Å². The molecule has 0 aliphatic rings. The lowest BCUT2D eigenvalue weighted by atomic mass is 10.3. The van der Waals surface area contributed by atoms with Crippen molar-refractivity contribution in [2.24, 2.45) is 0 Å². The maximum atomic E-state index is 12.3. The molecule has 3 aromatic rings. The van der Waals surface area contributed by atoms with Crippen molar-refractivity contribution in [2.75, 3.05) is 11.9 Å². The van der Waals surface area contributed by atoms with E-state index in [0.717, 1.165) is 10.4 Å². The summed E-state index contributed by atoms with van der Waals surface area (Å²) in [5.74, 6) is 0.0424. The van der Waals surface area contributed by atoms with E-state index in [-0.39, 0.29) is 11.4 Å². The first kappa shape index (κ1) is 20.9. The molecule has 0 saturated heterocycles. The smallest absolute Gasteiger partial charge is 0.411 e. The lowest BCUT2D eigenvalue weighted by Crippen LogP contribution is -2.18. The number of nitrogens with one attached hydrogen (secondary N) is 1. The number of carbonyl (C=O) groups excluding carboxylic acids is 1. The summed E-state index contributed by atoms with van der Waals surface area (Å²) < 4.78 is 49.0. The zero-order chi connectivity index (χ0) is 21.2. The predicted octanol–water partition coefficient (Wildman–Crippen LogP) is 3.78. The number of rotatable bonds is 7. The van der Waals surface area contributed by atoms with Crippen molar-refractivity contribution in [2.45, 2.75) is 33.3 Å². The maximum Gasteiger partial charge on any atom is 0.411 e. The van der Waals surface area contributed by atoms with Crippen LogP contribution in [0.5, 0.6) is 0 Å². The fourth-order valence-corrected chi connectivity index (χ4v) is 2.64. The largest absolute Gasteiger partial charge is 0.454 e. The second-order valence-corrected chi connectivity index (χ2v) is 6.60. The number of aromatic nitrogens is 4. The van der Waals surface area contributed by atoms with Crippen molar-refractivity contribution in [3.63, 3.8) is 0 Å². The summed E-state index contributed by atoms with van der Waals surface area (Å²) in [6.07, 6.45) is -1.79. The van der Waals surface area contributed by atoms with Gasteiger partial charge in [0, 0.05) is 0 Å². The molecule has 3 aromatic heterocycles. The van der Waals surface area contributed by atoms with Crippen LogP contribution in [-0.4, -0.2) is 38.3 Å². The Kier molecular flexibility index (Phi) is 5.99. The summed E-state index contributed by atoms with van der Waals surface area (Å²) in [5, 5.41) is 11.2. The molecule has 0 unspecified atom stereocenters. The topological polar surface area (TPSA) is 87.1 Å². The molecule has 156 valence electrons. The van der Waals surface area contributed by atoms with Gasteiger partial charge in [-0.25, -0.2) is 4.68 Å². The fourth-order valence-electron chi connectivity index (χ4n) is 2.51. The lowest BCUT2D eigenvalue weighted by Gasteiger charge is -2.07. The van der Waals surface area contributed by atoms with Crippen molar-refractivity contribution in [1.82, 2.24) is 19.6 Å². The standard InChI is InChI=1S/C17H17ClF3N5O3/c1-10-15(18)11(2)26(24-10)7-13-3-4-14(29-13)16(27)23-12-5-22-25(6-12)9-28-8-17(19,20)21/h3-6H,7-9H2,1-2H3,(H,23,27). The van der Waals surface area contributed by atoms with E-state index in [9.17, 15) is 18.0 Å². The zero-order valence-electron chi connectivity index (χ0n) is 15.5. The average molecular weight is 432 g/mol. The van der Waals surface area contributed by atoms with E-state index < -0.39 is 25.4 Å². The van der Waals surface area contributed by atoms with Crippen LogP contribution in [0.15, 0.2) is 28.9 Å². The van der Waals surface area contributed by atoms with Crippen LogP contribution in [0, 0.1) is 13.8 Å². The van der Waals surface area contributed by atoms with Gasteiger partial charge in [0.15, 0.2) is 5.76 Å². The van der Waals surface area contributed by atoms with E-state index in [1.807, 2.05) is 6.92 Å². The Morgan fingerprint density at radius 3 is 2.76 bits per heavy atom. The molecule has 8 nitrogen and oxygen atoms in total. The number of aryl methyl sites for hydroxylation is 1. The van der Waals surface area contributed by atoms with E-state index in [2.05, 4.69) is 20.3 Å². The number of hydrogen-bond donors (Lipinski definition) is 1. The normalized spacial score (nSPS) is 11.8. The third kappa shape index (κ3) is 5.39. The van der Waals surface area contributed by atoms with Gasteiger partial charge in [-0.2, -0.15) is 23.4 Å². The minimum Gasteiger partial charge on any atom is -0.454 e. The zero-order valence-corrected chi connectivity index (χ0v) is 16.2. The van der Waals surface area contributed by atoms with E-state index in [1.165, 1.54) is 18.5 Å². The van der Waals surface area contributed by atoms with Crippen LogP contribution < -0.4 is 5.32 Å². The molecule has 0 aliphatic heterocycles. The fraction of sp³-hybridized carbons (Fsp3) is 0.353. The number of nitrogens with zero attached hydrogens (tertiary/aromatic N) is 4. The highest BCUT2D eigenvalue weighted by Crippen LogP contribution is 2.21. The van der Waals surface area contributed by atoms with E-state index >= 15 is 0 Å². The van der Waals surface area contributed by atoms with Gasteiger partial charge < -0.3 is 14.5 Å². The van der Waals surface area contributed by atoms with Gasteiger partial charge in [-0.1, -0.05) is 11.6 Å². The van der Waals surface area contributed by atoms with Gasteiger partial charge in [0.05, 0.1) is 41.0 Å². The van der Waals surface area contributed by atoms with Gasteiger partial charge in [0.2, 0.25) is 0 Å². The Morgan fingerprint density at radius 2 is 2.10 bits per heavy atom. The molecular weight excluding hydrogens is 415 g/mol. The predicted molar refractivity (Wildman–Crippen MR) is 96.7 cm³/mol. The van der Waals surface area contributed by atoms with Crippen LogP contribution in [0.3, 0.4) is 0 Å². The Labute approximate surface area is 168 Å². The molecule has 0 bridgehead atoms. The van der Waals surface area contributed by atoms with Gasteiger partial charge in [0.25, 0.3) is 5.91 Å². The number of hydrogen-bond acceptors (Lipinski definition) is 5. The third-order valence-electron chi connectivity index (χ3n) is 3.86. The molecule has 3 heterocycles. The van der Waals surface area contributed by atoms with Crippen molar-refractivity contribution in [3.05, 3.63) is 52.5 Å². The molecule has 0 saturated carbocycles. The maximum absolute atomic E-state index is 12.3. The molecule has 3 rings (SSSR count). The number of anilines is 1. The Bertz CT molecular complexity index is 1010. The summed E-state index contributed by atoms with van der Waals surface area (Å²) in [6.45, 7) is 2.15. The Hall–Kier alpha value is -2.79. The minimum atomic E-state index is -4.42. The molecule has 0 radical (unpaired) electrons. The first-order valence-electron chi connectivity index (χ1n) is 8.39. The summed E-state index contributed by atoms with van der Waals surface area (Å²) in [4.78, 5) is 12.3. The lowest BCUT2D eigenvalue weighted by molar-refractivity contribution is -0.182. The average Bonchev–Trinajstić information content (AvgIpc) is 3.33. The number of halogens is 4.